The van der Waals surface area contributed by atoms with Crippen LogP contribution in [0.2, 0.25) is 5.15 Å². The molecular weight excluding hydrogens is 292 g/mol. The lowest BCUT2D eigenvalue weighted by Crippen LogP contribution is -2.23. The van der Waals surface area contributed by atoms with Gasteiger partial charge in [-0.05, 0) is 36.1 Å². The van der Waals surface area contributed by atoms with Crippen molar-refractivity contribution in [3.8, 4) is 0 Å². The minimum absolute atomic E-state index is 0.000811. The van der Waals surface area contributed by atoms with Crippen LogP contribution in [0.3, 0.4) is 0 Å². The number of sulfonamides is 1. The highest BCUT2D eigenvalue weighted by Gasteiger charge is 2.18. The molecule has 2 aromatic heterocycles. The highest BCUT2D eigenvalue weighted by Crippen LogP contribution is 2.19. The average Bonchev–Trinajstić information content (AvgIpc) is 2.73. The molecule has 0 aliphatic rings. The molecule has 2 heterocycles. The van der Waals surface area contributed by atoms with E-state index in [2.05, 4.69) is 9.71 Å². The average molecular weight is 303 g/mol. The van der Waals surface area contributed by atoms with Gasteiger partial charge in [0.1, 0.15) is 10.0 Å². The van der Waals surface area contributed by atoms with Crippen LogP contribution in [0, 0.1) is 6.92 Å². The normalized spacial score (nSPS) is 11.7. The van der Waals surface area contributed by atoms with Gasteiger partial charge in [-0.1, -0.05) is 11.6 Å². The Bertz CT molecular complexity index is 653. The maximum absolute atomic E-state index is 12.0. The van der Waals surface area contributed by atoms with Gasteiger partial charge in [-0.25, -0.2) is 18.1 Å². The predicted octanol–water partition coefficient (Wildman–Crippen LogP) is 2.58. The van der Waals surface area contributed by atoms with E-state index in [4.69, 9.17) is 11.6 Å². The van der Waals surface area contributed by atoms with E-state index in [-0.39, 0.29) is 16.6 Å². The van der Waals surface area contributed by atoms with Crippen LogP contribution in [-0.4, -0.2) is 13.4 Å². The first-order valence-electron chi connectivity index (χ1n) is 5.14. The van der Waals surface area contributed by atoms with Crippen LogP contribution in [0.1, 0.15) is 10.4 Å². The molecule has 0 amide bonds. The number of hydrogen-bond donors (Lipinski definition) is 1. The number of aryl methyl sites for hydroxylation is 1. The first-order valence-corrected chi connectivity index (χ1v) is 7.88. The van der Waals surface area contributed by atoms with Crippen molar-refractivity contribution in [1.82, 2.24) is 9.71 Å². The molecule has 0 atom stereocenters. The molecule has 0 saturated carbocycles. The summed E-state index contributed by atoms with van der Waals surface area (Å²) in [5.74, 6) is 0. The van der Waals surface area contributed by atoms with Crippen molar-refractivity contribution in [2.45, 2.75) is 18.4 Å². The molecule has 0 radical (unpaired) electrons. The Morgan fingerprint density at radius 2 is 2.22 bits per heavy atom. The van der Waals surface area contributed by atoms with E-state index >= 15 is 0 Å². The molecule has 2 aromatic rings. The third kappa shape index (κ3) is 2.89. The van der Waals surface area contributed by atoms with Crippen molar-refractivity contribution in [2.75, 3.05) is 0 Å². The van der Waals surface area contributed by atoms with Gasteiger partial charge in [0.2, 0.25) is 10.0 Å². The van der Waals surface area contributed by atoms with E-state index in [1.165, 1.54) is 29.7 Å². The smallest absolute Gasteiger partial charge is 0.243 e. The third-order valence-corrected chi connectivity index (χ3v) is 5.27. The second kappa shape index (κ2) is 5.36. The summed E-state index contributed by atoms with van der Waals surface area (Å²) in [6.07, 6.45) is 1.45. The summed E-state index contributed by atoms with van der Waals surface area (Å²) in [5.41, 5.74) is 1.07. The summed E-state index contributed by atoms with van der Waals surface area (Å²) in [5, 5.41) is 1.91. The molecule has 0 spiro atoms. The van der Waals surface area contributed by atoms with Crippen LogP contribution in [0.15, 0.2) is 34.7 Å². The Morgan fingerprint density at radius 1 is 1.44 bits per heavy atom. The molecule has 18 heavy (non-hydrogen) atoms. The fourth-order valence-corrected chi connectivity index (χ4v) is 3.78. The van der Waals surface area contributed by atoms with Gasteiger partial charge in [0.15, 0.2) is 0 Å². The van der Waals surface area contributed by atoms with Gasteiger partial charge in [-0.15, -0.1) is 11.3 Å². The number of hydrogen-bond acceptors (Lipinski definition) is 4. The van der Waals surface area contributed by atoms with Gasteiger partial charge in [0.25, 0.3) is 0 Å². The number of nitrogens with zero attached hydrogens (tertiary/aromatic N) is 1. The Hall–Kier alpha value is -0.950. The first kappa shape index (κ1) is 13.5. The van der Waals surface area contributed by atoms with Crippen molar-refractivity contribution in [2.24, 2.45) is 0 Å². The van der Waals surface area contributed by atoms with E-state index in [0.29, 0.717) is 0 Å². The fraction of sp³-hybridized carbons (Fsp3) is 0.182. The molecule has 1 N–H and O–H groups in total. The van der Waals surface area contributed by atoms with Crippen LogP contribution >= 0.6 is 22.9 Å². The van der Waals surface area contributed by atoms with Crippen LogP contribution in [0.5, 0.6) is 0 Å². The summed E-state index contributed by atoms with van der Waals surface area (Å²) in [6, 6.07) is 4.92. The van der Waals surface area contributed by atoms with E-state index < -0.39 is 10.0 Å². The van der Waals surface area contributed by atoms with Gasteiger partial charge in [-0.3, -0.25) is 0 Å². The molecule has 7 heteroatoms. The Labute approximate surface area is 115 Å². The summed E-state index contributed by atoms with van der Waals surface area (Å²) >= 11 is 7.29. The zero-order valence-electron chi connectivity index (χ0n) is 9.55. The molecule has 4 nitrogen and oxygen atoms in total. The lowest BCUT2D eigenvalue weighted by molar-refractivity contribution is 0.581. The van der Waals surface area contributed by atoms with Gasteiger partial charge in [0.05, 0.1) is 0 Å². The van der Waals surface area contributed by atoms with Crippen LogP contribution in [0.4, 0.5) is 0 Å². The van der Waals surface area contributed by atoms with Crippen molar-refractivity contribution in [1.29, 1.82) is 0 Å². The van der Waals surface area contributed by atoms with Crippen molar-refractivity contribution >= 4 is 33.0 Å². The van der Waals surface area contributed by atoms with Crippen LogP contribution in [-0.2, 0) is 16.6 Å². The topological polar surface area (TPSA) is 59.1 Å². The van der Waals surface area contributed by atoms with Gasteiger partial charge in [-0.2, -0.15) is 0 Å². The summed E-state index contributed by atoms with van der Waals surface area (Å²) < 4.78 is 26.6. The maximum atomic E-state index is 12.0. The fourth-order valence-electron chi connectivity index (χ4n) is 1.40. The summed E-state index contributed by atoms with van der Waals surface area (Å²) in [7, 11) is -3.62. The molecule has 96 valence electrons. The number of halogens is 1. The van der Waals surface area contributed by atoms with E-state index in [1.807, 2.05) is 18.4 Å². The number of thiophene rings is 1. The first-order chi connectivity index (χ1) is 8.50. The number of pyridine rings is 1. The minimum atomic E-state index is -3.62. The Morgan fingerprint density at radius 3 is 2.83 bits per heavy atom. The molecule has 0 fully saturated rings. The highest BCUT2D eigenvalue weighted by molar-refractivity contribution is 7.89. The predicted molar refractivity (Wildman–Crippen MR) is 72.3 cm³/mol. The number of nitrogens with one attached hydrogen (secondary N) is 1. The second-order valence-corrected chi connectivity index (χ2v) is 6.74. The SMILES string of the molecule is Cc1ccsc1CNS(=O)(=O)c1cccnc1Cl. The zero-order valence-corrected chi connectivity index (χ0v) is 11.9. The Kier molecular flexibility index (Phi) is 4.01. The molecule has 2 rings (SSSR count). The maximum Gasteiger partial charge on any atom is 0.243 e. The minimum Gasteiger partial charge on any atom is -0.243 e. The molecule has 0 aliphatic carbocycles. The number of aromatic nitrogens is 1. The van der Waals surface area contributed by atoms with E-state index in [0.717, 1.165) is 10.4 Å². The highest BCUT2D eigenvalue weighted by atomic mass is 35.5. The standard InChI is InChI=1S/C11H11ClN2O2S2/c1-8-4-6-17-9(8)7-14-18(15,16)10-3-2-5-13-11(10)12/h2-6,14H,7H2,1H3. The second-order valence-electron chi connectivity index (χ2n) is 3.64. The van der Waals surface area contributed by atoms with Crippen molar-refractivity contribution < 1.29 is 8.42 Å². The molecule has 0 bridgehead atoms. The lowest BCUT2D eigenvalue weighted by Gasteiger charge is -2.07. The quantitative estimate of drug-likeness (QED) is 0.883. The summed E-state index contributed by atoms with van der Waals surface area (Å²) in [6.45, 7) is 2.20. The van der Waals surface area contributed by atoms with Crippen molar-refractivity contribution in [3.63, 3.8) is 0 Å². The van der Waals surface area contributed by atoms with Crippen LogP contribution < -0.4 is 4.72 Å². The summed E-state index contributed by atoms with van der Waals surface area (Å²) in [4.78, 5) is 4.74. The molecule has 0 aromatic carbocycles. The monoisotopic (exact) mass is 302 g/mol. The lowest BCUT2D eigenvalue weighted by atomic mass is 10.3. The third-order valence-electron chi connectivity index (χ3n) is 2.41. The van der Waals surface area contributed by atoms with Gasteiger partial charge in [0, 0.05) is 17.6 Å². The van der Waals surface area contributed by atoms with Crippen molar-refractivity contribution in [3.05, 3.63) is 45.4 Å². The molecule has 0 saturated heterocycles. The zero-order chi connectivity index (χ0) is 13.2. The van der Waals surface area contributed by atoms with E-state index in [9.17, 15) is 8.42 Å². The van der Waals surface area contributed by atoms with Gasteiger partial charge >= 0.3 is 0 Å². The van der Waals surface area contributed by atoms with Crippen LogP contribution in [0.25, 0.3) is 0 Å². The van der Waals surface area contributed by atoms with Gasteiger partial charge < -0.3 is 0 Å². The molecule has 0 aliphatic heterocycles. The number of rotatable bonds is 4. The Balaban J connectivity index is 2.19. The largest absolute Gasteiger partial charge is 0.243 e. The molecule has 0 unspecified atom stereocenters. The van der Waals surface area contributed by atoms with E-state index in [1.54, 1.807) is 0 Å². The molecular formula is C11H11ClN2O2S2.